The SMILES string of the molecule is CCCCCCCCCCCCCCCCCCCCCCC(=O)O[C@H](COC(=O)CCCCCCCCCCCCCCCCCCCC)COP(=O)(O)OC[C@@H](O)COP(=O)(O)OC[C@@H](COC(=O)CCCCCCCCCCCC)OC(=O)CCCCCCCCCCCCCCCCC(C)C. The molecule has 624 valence electrons. The molecule has 0 radical (unpaired) electrons. The summed E-state index contributed by atoms with van der Waals surface area (Å²) in [6.07, 6.45) is 72.2. The molecular weight excluding hydrogens is 1370 g/mol. The van der Waals surface area contributed by atoms with Crippen molar-refractivity contribution in [1.82, 2.24) is 0 Å². The van der Waals surface area contributed by atoms with Crippen LogP contribution < -0.4 is 0 Å². The van der Waals surface area contributed by atoms with Gasteiger partial charge >= 0.3 is 39.5 Å². The minimum Gasteiger partial charge on any atom is -0.462 e. The molecule has 2 unspecified atom stereocenters. The molecule has 105 heavy (non-hydrogen) atoms. The van der Waals surface area contributed by atoms with Crippen LogP contribution in [0.15, 0.2) is 0 Å². The molecule has 0 fully saturated rings. The van der Waals surface area contributed by atoms with E-state index in [-0.39, 0.29) is 25.7 Å². The Hall–Kier alpha value is -1.94. The van der Waals surface area contributed by atoms with Crippen LogP contribution in [0.1, 0.15) is 465 Å². The molecule has 0 spiro atoms. The van der Waals surface area contributed by atoms with Crippen LogP contribution in [0, 0.1) is 5.92 Å². The number of ether oxygens (including phenoxy) is 4. The number of rotatable bonds is 86. The Bertz CT molecular complexity index is 2000. The van der Waals surface area contributed by atoms with Crippen molar-refractivity contribution in [3.8, 4) is 0 Å². The molecule has 19 heteroatoms. The number of hydrogen-bond donors (Lipinski definition) is 3. The van der Waals surface area contributed by atoms with E-state index in [4.69, 9.17) is 37.0 Å². The highest BCUT2D eigenvalue weighted by Gasteiger charge is 2.30. The normalized spacial score (nSPS) is 13.8. The van der Waals surface area contributed by atoms with Gasteiger partial charge in [-0.15, -0.1) is 0 Å². The highest BCUT2D eigenvalue weighted by Crippen LogP contribution is 2.45. The second-order valence-corrected chi connectivity index (χ2v) is 34.3. The molecule has 0 rings (SSSR count). The zero-order valence-electron chi connectivity index (χ0n) is 68.9. The van der Waals surface area contributed by atoms with E-state index >= 15 is 0 Å². The molecule has 0 aliphatic heterocycles. The Balaban J connectivity index is 5.22. The number of carbonyl (C=O) groups excluding carboxylic acids is 4. The first kappa shape index (κ1) is 103. The zero-order chi connectivity index (χ0) is 76.9. The minimum absolute atomic E-state index is 0.108. The van der Waals surface area contributed by atoms with Gasteiger partial charge in [0.25, 0.3) is 0 Å². The first-order valence-electron chi connectivity index (χ1n) is 44.6. The molecule has 0 bridgehead atoms. The first-order chi connectivity index (χ1) is 51.0. The summed E-state index contributed by atoms with van der Waals surface area (Å²) >= 11 is 0. The number of aliphatic hydroxyl groups excluding tert-OH is 1. The monoisotopic (exact) mass is 1540 g/mol. The number of aliphatic hydroxyl groups is 1. The first-order valence-corrected chi connectivity index (χ1v) is 47.6. The molecule has 0 aromatic carbocycles. The highest BCUT2D eigenvalue weighted by atomic mass is 31.2. The lowest BCUT2D eigenvalue weighted by molar-refractivity contribution is -0.161. The molecule has 0 saturated carbocycles. The summed E-state index contributed by atoms with van der Waals surface area (Å²) in [5.74, 6) is -1.30. The van der Waals surface area contributed by atoms with Crippen molar-refractivity contribution in [3.63, 3.8) is 0 Å². The molecule has 0 aromatic heterocycles. The third kappa shape index (κ3) is 79.9. The summed E-state index contributed by atoms with van der Waals surface area (Å²) in [6.45, 7) is 7.38. The van der Waals surface area contributed by atoms with Crippen LogP contribution in [0.2, 0.25) is 0 Å². The quantitative estimate of drug-likeness (QED) is 0.0222. The maximum atomic E-state index is 13.1. The summed E-state index contributed by atoms with van der Waals surface area (Å²) in [5, 5.41) is 10.7. The number of phosphoric acid groups is 2. The van der Waals surface area contributed by atoms with E-state index in [1.165, 1.54) is 289 Å². The van der Waals surface area contributed by atoms with Gasteiger partial charge in [0.05, 0.1) is 26.4 Å². The van der Waals surface area contributed by atoms with Crippen LogP contribution in [-0.2, 0) is 65.4 Å². The second-order valence-electron chi connectivity index (χ2n) is 31.4. The third-order valence-corrected chi connectivity index (χ3v) is 22.2. The Morgan fingerprint density at radius 2 is 0.438 bits per heavy atom. The summed E-state index contributed by atoms with van der Waals surface area (Å²) in [6, 6.07) is 0. The Labute approximate surface area is 645 Å². The standard InChI is InChI=1S/C86H168O17P2/c1-6-9-12-15-18-21-24-26-28-30-32-33-35-37-42-46-51-56-61-66-71-85(90)103-82(76-97-84(89)70-65-60-55-50-45-41-36-34-31-29-27-25-22-19-16-13-10-7-2)78-101-105(94,95)99-74-80(87)73-98-104(92,93)100-77-81(75-96-83(88)69-64-59-54-49-23-20-17-14-11-8-3)102-86(91)72-67-62-57-52-47-43-39-38-40-44-48-53-58-63-68-79(4)5/h79-82,87H,6-78H2,1-5H3,(H,92,93)(H,94,95)/t80-,81+,82+/m0/s1. The van der Waals surface area contributed by atoms with Gasteiger partial charge in [0, 0.05) is 25.7 Å². The van der Waals surface area contributed by atoms with Crippen molar-refractivity contribution in [3.05, 3.63) is 0 Å². The fourth-order valence-electron chi connectivity index (χ4n) is 13.5. The molecule has 0 saturated heterocycles. The van der Waals surface area contributed by atoms with E-state index in [1.807, 2.05) is 0 Å². The van der Waals surface area contributed by atoms with Gasteiger partial charge in [0.1, 0.15) is 19.3 Å². The number of hydrogen-bond acceptors (Lipinski definition) is 15. The van der Waals surface area contributed by atoms with E-state index in [9.17, 15) is 43.2 Å². The van der Waals surface area contributed by atoms with Crippen LogP contribution in [0.3, 0.4) is 0 Å². The van der Waals surface area contributed by atoms with Gasteiger partial charge in [-0.25, -0.2) is 9.13 Å². The molecule has 0 amide bonds. The fourth-order valence-corrected chi connectivity index (χ4v) is 15.1. The van der Waals surface area contributed by atoms with Crippen molar-refractivity contribution in [2.24, 2.45) is 5.92 Å². The summed E-state index contributed by atoms with van der Waals surface area (Å²) in [5.41, 5.74) is 0. The van der Waals surface area contributed by atoms with Crippen LogP contribution in [0.25, 0.3) is 0 Å². The smallest absolute Gasteiger partial charge is 0.462 e. The second kappa shape index (κ2) is 78.7. The van der Waals surface area contributed by atoms with E-state index in [0.717, 1.165) is 95.8 Å². The van der Waals surface area contributed by atoms with Crippen molar-refractivity contribution >= 4 is 39.5 Å². The predicted molar refractivity (Wildman–Crippen MR) is 432 cm³/mol. The van der Waals surface area contributed by atoms with Gasteiger partial charge in [-0.05, 0) is 31.6 Å². The lowest BCUT2D eigenvalue weighted by Gasteiger charge is -2.21. The third-order valence-electron chi connectivity index (χ3n) is 20.3. The van der Waals surface area contributed by atoms with Crippen molar-refractivity contribution in [2.45, 2.75) is 483 Å². The van der Waals surface area contributed by atoms with Gasteiger partial charge in [-0.1, -0.05) is 413 Å². The lowest BCUT2D eigenvalue weighted by Crippen LogP contribution is -2.30. The topological polar surface area (TPSA) is 237 Å². The average Bonchev–Trinajstić information content (AvgIpc) is 0.920. The zero-order valence-corrected chi connectivity index (χ0v) is 70.7. The largest absolute Gasteiger partial charge is 0.472 e. The maximum absolute atomic E-state index is 13.1. The molecule has 0 heterocycles. The van der Waals surface area contributed by atoms with Gasteiger partial charge in [0.2, 0.25) is 0 Å². The number of unbranched alkanes of at least 4 members (excludes halogenated alkanes) is 58. The number of esters is 4. The maximum Gasteiger partial charge on any atom is 0.472 e. The van der Waals surface area contributed by atoms with Crippen LogP contribution in [-0.4, -0.2) is 96.7 Å². The van der Waals surface area contributed by atoms with E-state index in [2.05, 4.69) is 34.6 Å². The molecule has 17 nitrogen and oxygen atoms in total. The van der Waals surface area contributed by atoms with Crippen LogP contribution >= 0.6 is 15.6 Å². The summed E-state index contributed by atoms with van der Waals surface area (Å²) < 4.78 is 68.9. The summed E-state index contributed by atoms with van der Waals surface area (Å²) in [7, 11) is -9.93. The van der Waals surface area contributed by atoms with Crippen molar-refractivity contribution < 1.29 is 80.2 Å². The lowest BCUT2D eigenvalue weighted by atomic mass is 10.0. The van der Waals surface area contributed by atoms with Crippen LogP contribution in [0.4, 0.5) is 0 Å². The molecule has 0 aromatic rings. The van der Waals surface area contributed by atoms with Gasteiger partial charge in [-0.2, -0.15) is 0 Å². The molecule has 0 aliphatic carbocycles. The molecule has 0 aliphatic rings. The fraction of sp³-hybridized carbons (Fsp3) is 0.953. The van der Waals surface area contributed by atoms with Gasteiger partial charge in [-0.3, -0.25) is 37.3 Å². The Kier molecular flexibility index (Phi) is 77.3. The minimum atomic E-state index is -4.96. The van der Waals surface area contributed by atoms with Gasteiger partial charge in [0.15, 0.2) is 12.2 Å². The van der Waals surface area contributed by atoms with E-state index in [1.54, 1.807) is 0 Å². The molecule has 3 N–H and O–H groups in total. The van der Waals surface area contributed by atoms with Crippen LogP contribution in [0.5, 0.6) is 0 Å². The van der Waals surface area contributed by atoms with Crippen molar-refractivity contribution in [1.29, 1.82) is 0 Å². The number of carbonyl (C=O) groups is 4. The predicted octanol–water partition coefficient (Wildman–Crippen LogP) is 26.4. The van der Waals surface area contributed by atoms with Gasteiger partial charge < -0.3 is 33.8 Å². The highest BCUT2D eigenvalue weighted by molar-refractivity contribution is 7.47. The molecule has 5 atom stereocenters. The van der Waals surface area contributed by atoms with E-state index < -0.39 is 97.5 Å². The molecular formula is C86H168O17P2. The summed E-state index contributed by atoms with van der Waals surface area (Å²) in [4.78, 5) is 73.2. The van der Waals surface area contributed by atoms with E-state index in [0.29, 0.717) is 25.7 Å². The number of phosphoric ester groups is 2. The van der Waals surface area contributed by atoms with Crippen molar-refractivity contribution in [2.75, 3.05) is 39.6 Å². The Morgan fingerprint density at radius 1 is 0.257 bits per heavy atom. The average molecular weight is 1540 g/mol. The Morgan fingerprint density at radius 3 is 0.648 bits per heavy atom.